The van der Waals surface area contributed by atoms with Crippen LogP contribution in [0.3, 0.4) is 0 Å². The second-order valence-electron chi connectivity index (χ2n) is 10.8. The largest absolute Gasteiger partial charge is 0.382 e. The van der Waals surface area contributed by atoms with E-state index in [0.717, 1.165) is 0 Å². The first-order valence-electron chi connectivity index (χ1n) is 15.1. The molecule has 1 fully saturated rings. The lowest BCUT2D eigenvalue weighted by Gasteiger charge is -2.38. The van der Waals surface area contributed by atoms with Crippen LogP contribution in [0.15, 0.2) is 15.8 Å². The van der Waals surface area contributed by atoms with Gasteiger partial charge < -0.3 is 32.3 Å². The highest BCUT2D eigenvalue weighted by molar-refractivity contribution is 7.53. The Kier molecular flexibility index (Phi) is 16.9. The third-order valence-electron chi connectivity index (χ3n) is 6.75. The monoisotopic (exact) mass is 664 g/mol. The molecule has 14 nitrogen and oxygen atoms in total. The zero-order chi connectivity index (χ0) is 32.9. The Morgan fingerprint density at radius 3 is 2.34 bits per heavy atom. The fraction of sp³-hybridized carbons (Fsp3) is 0.821. The highest BCUT2D eigenvalue weighted by Gasteiger charge is 2.50. The number of nitriles is 1. The minimum Gasteiger partial charge on any atom is -0.382 e. The summed E-state index contributed by atoms with van der Waals surface area (Å²) in [5.74, 6) is 0. The van der Waals surface area contributed by atoms with E-state index in [4.69, 9.17) is 37.6 Å². The second-order valence-corrected chi connectivity index (χ2v) is 14.4. The van der Waals surface area contributed by atoms with Gasteiger partial charge in [0.2, 0.25) is 0 Å². The predicted molar refractivity (Wildman–Crippen MR) is 167 cm³/mol. The maximum absolute atomic E-state index is 13.2. The van der Waals surface area contributed by atoms with Crippen LogP contribution in [0.25, 0.3) is 0 Å². The van der Waals surface area contributed by atoms with Gasteiger partial charge in [-0.2, -0.15) is 5.26 Å². The average Bonchev–Trinajstić information content (AvgIpc) is 3.27. The third-order valence-corrected chi connectivity index (χ3v) is 11.0. The summed E-state index contributed by atoms with van der Waals surface area (Å²) >= 11 is 0. The maximum atomic E-state index is 13.2. The molecule has 1 aliphatic rings. The summed E-state index contributed by atoms with van der Waals surface area (Å²) in [6.45, 7) is 14.4. The zero-order valence-electron chi connectivity index (χ0n) is 27.2. The SMILES string of the molecule is CCOP(=O)(CCC[C@H]1O[C@@H](n2cc(C)c(=O)[nH]c2=O)[C@H](OCCOC)[C@@H]1OP(OCCC#N)N(C(C)C)C(C)C)OCC. The number of H-pyrrole nitrogens is 1. The predicted octanol–water partition coefficient (Wildman–Crippen LogP) is 4.48. The standard InChI is InChI=1S/C28H50N4O10P2/c1-9-39-44(35,40-10-2)18-11-13-23-24(42-43(38-15-12-14-29)32(20(3)4)21(5)6)25(37-17-16-36-8)27(41-23)31-19-22(7)26(33)30-28(31)34/h19-21,23-25,27H,9-13,15-18H2,1-8H3,(H,30,33,34)/t23-,24-,25-,27-,43?/m1/s1. The number of ether oxygens (including phenoxy) is 3. The summed E-state index contributed by atoms with van der Waals surface area (Å²) in [4.78, 5) is 27.5. The van der Waals surface area contributed by atoms with Gasteiger partial charge >= 0.3 is 13.3 Å². The Hall–Kier alpha value is -1.49. The number of nitrogens with one attached hydrogen (secondary N) is 1. The molecule has 2 rings (SSSR count). The number of hydrogen-bond donors (Lipinski definition) is 1. The van der Waals surface area contributed by atoms with Crippen molar-refractivity contribution in [2.24, 2.45) is 0 Å². The topological polar surface area (TPSA) is 164 Å². The molecule has 0 radical (unpaired) electrons. The molecular weight excluding hydrogens is 614 g/mol. The maximum Gasteiger partial charge on any atom is 0.330 e. The molecule has 1 saturated heterocycles. The quantitative estimate of drug-likeness (QED) is 0.145. The van der Waals surface area contributed by atoms with Crippen molar-refractivity contribution >= 4 is 16.1 Å². The van der Waals surface area contributed by atoms with Crippen molar-refractivity contribution in [3.8, 4) is 6.07 Å². The molecular formula is C28H50N4O10P2. The molecule has 0 aromatic carbocycles. The van der Waals surface area contributed by atoms with Gasteiger partial charge in [0.15, 0.2) is 6.23 Å². The molecule has 0 saturated carbocycles. The van der Waals surface area contributed by atoms with E-state index in [-0.39, 0.29) is 57.7 Å². The summed E-state index contributed by atoms with van der Waals surface area (Å²) in [6.07, 6.45) is -0.581. The van der Waals surface area contributed by atoms with Gasteiger partial charge in [0, 0.05) is 31.0 Å². The Bertz CT molecular complexity index is 1190. The van der Waals surface area contributed by atoms with Gasteiger partial charge in [-0.3, -0.25) is 18.9 Å². The van der Waals surface area contributed by atoms with Crippen molar-refractivity contribution in [1.29, 1.82) is 5.26 Å². The summed E-state index contributed by atoms with van der Waals surface area (Å²) < 4.78 is 58.5. The smallest absolute Gasteiger partial charge is 0.330 e. The van der Waals surface area contributed by atoms with Crippen LogP contribution in [0.5, 0.6) is 0 Å². The van der Waals surface area contributed by atoms with Crippen LogP contribution in [0, 0.1) is 18.3 Å². The van der Waals surface area contributed by atoms with Crippen LogP contribution in [0.4, 0.5) is 0 Å². The molecule has 1 N–H and O–H groups in total. The zero-order valence-corrected chi connectivity index (χ0v) is 29.0. The summed E-state index contributed by atoms with van der Waals surface area (Å²) in [5, 5.41) is 9.16. The van der Waals surface area contributed by atoms with Crippen LogP contribution in [0.1, 0.15) is 72.6 Å². The first-order valence-corrected chi connectivity index (χ1v) is 18.0. The van der Waals surface area contributed by atoms with Crippen molar-refractivity contribution in [3.05, 3.63) is 32.6 Å². The fourth-order valence-corrected chi connectivity index (χ4v) is 8.41. The highest BCUT2D eigenvalue weighted by Crippen LogP contribution is 2.52. The lowest BCUT2D eigenvalue weighted by Crippen LogP contribution is -2.42. The Morgan fingerprint density at radius 2 is 1.77 bits per heavy atom. The summed E-state index contributed by atoms with van der Waals surface area (Å²) in [5.41, 5.74) is -0.819. The fourth-order valence-electron chi connectivity index (χ4n) is 4.96. The van der Waals surface area contributed by atoms with Crippen LogP contribution in [-0.4, -0.2) is 90.9 Å². The molecule has 0 spiro atoms. The van der Waals surface area contributed by atoms with Crippen molar-refractivity contribution in [1.82, 2.24) is 14.2 Å². The Labute approximate surface area is 261 Å². The van der Waals surface area contributed by atoms with Crippen LogP contribution >= 0.6 is 16.1 Å². The Morgan fingerprint density at radius 1 is 1.11 bits per heavy atom. The van der Waals surface area contributed by atoms with E-state index < -0.39 is 51.9 Å². The molecule has 252 valence electrons. The second kappa shape index (κ2) is 19.2. The van der Waals surface area contributed by atoms with Crippen molar-refractivity contribution in [2.75, 3.05) is 46.3 Å². The average molecular weight is 665 g/mol. The minimum atomic E-state index is -3.31. The molecule has 1 aliphatic heterocycles. The molecule has 0 bridgehead atoms. The first kappa shape index (κ1) is 38.7. The molecule has 0 aliphatic carbocycles. The number of rotatable bonds is 21. The number of nitrogens with zero attached hydrogens (tertiary/aromatic N) is 3. The molecule has 2 heterocycles. The van der Waals surface area contributed by atoms with Gasteiger partial charge in [-0.25, -0.2) is 9.46 Å². The molecule has 0 amide bonds. The van der Waals surface area contributed by atoms with E-state index in [0.29, 0.717) is 18.4 Å². The first-order chi connectivity index (χ1) is 20.9. The van der Waals surface area contributed by atoms with Crippen molar-refractivity contribution in [3.63, 3.8) is 0 Å². The molecule has 1 aromatic rings. The van der Waals surface area contributed by atoms with E-state index in [1.165, 1.54) is 10.8 Å². The number of aryl methyl sites for hydroxylation is 1. The van der Waals surface area contributed by atoms with E-state index in [1.807, 2.05) is 27.7 Å². The molecule has 44 heavy (non-hydrogen) atoms. The lowest BCUT2D eigenvalue weighted by molar-refractivity contribution is -0.0788. The number of hydrogen-bond acceptors (Lipinski definition) is 12. The molecule has 16 heteroatoms. The molecule has 1 unspecified atom stereocenters. The van der Waals surface area contributed by atoms with E-state index in [9.17, 15) is 14.2 Å². The van der Waals surface area contributed by atoms with Gasteiger partial charge in [0.25, 0.3) is 14.1 Å². The lowest BCUT2D eigenvalue weighted by atomic mass is 10.1. The van der Waals surface area contributed by atoms with E-state index in [1.54, 1.807) is 27.9 Å². The van der Waals surface area contributed by atoms with E-state index >= 15 is 0 Å². The summed E-state index contributed by atoms with van der Waals surface area (Å²) in [7, 11) is -3.47. The number of methoxy groups -OCH3 is 1. The van der Waals surface area contributed by atoms with Gasteiger partial charge in [0.05, 0.1) is 57.8 Å². The van der Waals surface area contributed by atoms with Crippen LogP contribution < -0.4 is 11.2 Å². The summed E-state index contributed by atoms with van der Waals surface area (Å²) in [6, 6.07) is 2.19. The van der Waals surface area contributed by atoms with Crippen LogP contribution in [-0.2, 0) is 36.9 Å². The van der Waals surface area contributed by atoms with Crippen LogP contribution in [0.2, 0.25) is 0 Å². The van der Waals surface area contributed by atoms with Crippen molar-refractivity contribution in [2.45, 2.75) is 104 Å². The van der Waals surface area contributed by atoms with Gasteiger partial charge in [-0.05, 0) is 61.3 Å². The van der Waals surface area contributed by atoms with Gasteiger partial charge in [0.1, 0.15) is 12.2 Å². The molecule has 5 atom stereocenters. The highest BCUT2D eigenvalue weighted by atomic mass is 31.2. The molecule has 1 aromatic heterocycles. The van der Waals surface area contributed by atoms with Crippen molar-refractivity contribution < 1.29 is 36.9 Å². The number of aromatic nitrogens is 2. The Balaban J connectivity index is 2.55. The third kappa shape index (κ3) is 11.1. The van der Waals surface area contributed by atoms with Gasteiger partial charge in [-0.1, -0.05) is 0 Å². The number of aromatic amines is 1. The normalized spacial score (nSPS) is 21.4. The minimum absolute atomic E-state index is 0.0420. The van der Waals surface area contributed by atoms with E-state index in [2.05, 4.69) is 15.7 Å². The van der Waals surface area contributed by atoms with Gasteiger partial charge in [-0.15, -0.1) is 0 Å².